The van der Waals surface area contributed by atoms with Crippen molar-refractivity contribution in [2.24, 2.45) is 0 Å². The highest BCUT2D eigenvalue weighted by Gasteiger charge is 2.24. The Morgan fingerprint density at radius 1 is 1.29 bits per heavy atom. The van der Waals surface area contributed by atoms with Gasteiger partial charge in [0.2, 0.25) is 5.91 Å². The summed E-state index contributed by atoms with van der Waals surface area (Å²) in [6, 6.07) is 0. The number of carbonyl (C=O) groups excluding carboxylic acids is 2. The summed E-state index contributed by atoms with van der Waals surface area (Å²) in [6.45, 7) is 7.22. The molecule has 0 saturated carbocycles. The number of carbonyl (C=O) groups is 2. The Bertz CT molecular complexity index is 516. The number of likely N-dealkylation sites (tertiary alicyclic amines) is 1. The highest BCUT2D eigenvalue weighted by atomic mass is 16.5. The van der Waals surface area contributed by atoms with Crippen LogP contribution in [0.5, 0.6) is 0 Å². The first-order valence-electron chi connectivity index (χ1n) is 7.53. The van der Waals surface area contributed by atoms with Crippen molar-refractivity contribution in [1.29, 1.82) is 0 Å². The van der Waals surface area contributed by atoms with E-state index in [4.69, 9.17) is 4.52 Å². The Balaban J connectivity index is 1.95. The summed E-state index contributed by atoms with van der Waals surface area (Å²) in [5.74, 6) is 0.325. The third-order valence-electron chi connectivity index (χ3n) is 3.75. The number of nitrogens with one attached hydrogen (secondary N) is 1. The van der Waals surface area contributed by atoms with Gasteiger partial charge in [-0.15, -0.1) is 0 Å². The number of hydrogen-bond acceptors (Lipinski definition) is 4. The highest BCUT2D eigenvalue weighted by Crippen LogP contribution is 2.21. The van der Waals surface area contributed by atoms with E-state index < -0.39 is 0 Å². The summed E-state index contributed by atoms with van der Waals surface area (Å²) in [6.07, 6.45) is 3.26. The van der Waals surface area contributed by atoms with Crippen molar-refractivity contribution in [2.45, 2.75) is 46.0 Å². The lowest BCUT2D eigenvalue weighted by molar-refractivity contribution is -0.130. The molecule has 0 aliphatic carbocycles. The molecule has 116 valence electrons. The molecule has 1 fully saturated rings. The second-order valence-corrected chi connectivity index (χ2v) is 5.79. The van der Waals surface area contributed by atoms with Crippen LogP contribution in [0.25, 0.3) is 0 Å². The van der Waals surface area contributed by atoms with Gasteiger partial charge in [-0.05, 0) is 26.2 Å². The lowest BCUT2D eigenvalue weighted by Crippen LogP contribution is -2.42. The Hall–Kier alpha value is -1.85. The number of aryl methyl sites for hydroxylation is 1. The minimum absolute atomic E-state index is 0.0248. The van der Waals surface area contributed by atoms with Crippen molar-refractivity contribution in [1.82, 2.24) is 15.4 Å². The van der Waals surface area contributed by atoms with Gasteiger partial charge >= 0.3 is 0 Å². The van der Waals surface area contributed by atoms with Crippen molar-refractivity contribution in [3.8, 4) is 0 Å². The van der Waals surface area contributed by atoms with Crippen LogP contribution in [-0.2, 0) is 4.79 Å². The Kier molecular flexibility index (Phi) is 4.98. The van der Waals surface area contributed by atoms with E-state index >= 15 is 0 Å². The van der Waals surface area contributed by atoms with Gasteiger partial charge in [0.1, 0.15) is 5.56 Å². The van der Waals surface area contributed by atoms with Crippen LogP contribution >= 0.6 is 0 Å². The maximum Gasteiger partial charge on any atom is 0.257 e. The summed E-state index contributed by atoms with van der Waals surface area (Å²) in [5, 5.41) is 6.53. The van der Waals surface area contributed by atoms with E-state index in [0.717, 1.165) is 25.9 Å². The van der Waals surface area contributed by atoms with Gasteiger partial charge in [-0.25, -0.2) is 0 Å². The SMILES string of the molecule is Cc1noc(C(C)C)c1C(=O)NCC(=O)N1CCCCC1. The fourth-order valence-electron chi connectivity index (χ4n) is 2.56. The van der Waals surface area contributed by atoms with E-state index in [1.165, 1.54) is 6.42 Å². The molecular weight excluding hydrogens is 270 g/mol. The summed E-state index contributed by atoms with van der Waals surface area (Å²) >= 11 is 0. The van der Waals surface area contributed by atoms with Crippen LogP contribution in [0.1, 0.15) is 60.8 Å². The number of nitrogens with zero attached hydrogens (tertiary/aromatic N) is 2. The van der Waals surface area contributed by atoms with Crippen LogP contribution in [-0.4, -0.2) is 41.5 Å². The molecule has 1 saturated heterocycles. The zero-order valence-electron chi connectivity index (χ0n) is 12.9. The van der Waals surface area contributed by atoms with E-state index in [-0.39, 0.29) is 24.3 Å². The minimum Gasteiger partial charge on any atom is -0.360 e. The molecule has 6 heteroatoms. The first kappa shape index (κ1) is 15.5. The number of hydrogen-bond donors (Lipinski definition) is 1. The molecule has 1 aliphatic heterocycles. The van der Waals surface area contributed by atoms with Gasteiger partial charge in [0.15, 0.2) is 5.76 Å². The molecule has 2 heterocycles. The Morgan fingerprint density at radius 3 is 2.57 bits per heavy atom. The van der Waals surface area contributed by atoms with Gasteiger partial charge in [0.25, 0.3) is 5.91 Å². The van der Waals surface area contributed by atoms with Crippen molar-refractivity contribution in [3.63, 3.8) is 0 Å². The second kappa shape index (κ2) is 6.74. The molecule has 0 radical (unpaired) electrons. The van der Waals surface area contributed by atoms with Gasteiger partial charge in [-0.3, -0.25) is 9.59 Å². The maximum atomic E-state index is 12.3. The fraction of sp³-hybridized carbons (Fsp3) is 0.667. The van der Waals surface area contributed by atoms with Crippen LogP contribution < -0.4 is 5.32 Å². The predicted octanol–water partition coefficient (Wildman–Crippen LogP) is 1.85. The zero-order valence-corrected chi connectivity index (χ0v) is 12.9. The van der Waals surface area contributed by atoms with Crippen LogP contribution in [0.4, 0.5) is 0 Å². The molecule has 6 nitrogen and oxygen atoms in total. The molecular formula is C15H23N3O3. The largest absolute Gasteiger partial charge is 0.360 e. The molecule has 21 heavy (non-hydrogen) atoms. The highest BCUT2D eigenvalue weighted by molar-refractivity contribution is 5.98. The van der Waals surface area contributed by atoms with Crippen molar-refractivity contribution in [2.75, 3.05) is 19.6 Å². The normalized spacial score (nSPS) is 15.3. The molecule has 2 amide bonds. The smallest absolute Gasteiger partial charge is 0.257 e. The summed E-state index contributed by atoms with van der Waals surface area (Å²) in [7, 11) is 0. The topological polar surface area (TPSA) is 75.4 Å². The van der Waals surface area contributed by atoms with Crippen LogP contribution in [0.3, 0.4) is 0 Å². The van der Waals surface area contributed by atoms with Crippen LogP contribution in [0, 0.1) is 6.92 Å². The van der Waals surface area contributed by atoms with Crippen LogP contribution in [0.2, 0.25) is 0 Å². The molecule has 0 atom stereocenters. The van der Waals surface area contributed by atoms with E-state index in [9.17, 15) is 9.59 Å². The van der Waals surface area contributed by atoms with E-state index in [0.29, 0.717) is 17.0 Å². The van der Waals surface area contributed by atoms with Crippen LogP contribution in [0.15, 0.2) is 4.52 Å². The van der Waals surface area contributed by atoms with Gasteiger partial charge in [-0.1, -0.05) is 19.0 Å². The fourth-order valence-corrected chi connectivity index (χ4v) is 2.56. The third-order valence-corrected chi connectivity index (χ3v) is 3.75. The molecule has 0 aromatic carbocycles. The first-order chi connectivity index (χ1) is 10.0. The predicted molar refractivity (Wildman–Crippen MR) is 78.1 cm³/mol. The molecule has 0 unspecified atom stereocenters. The molecule has 1 aromatic rings. The molecule has 0 bridgehead atoms. The van der Waals surface area contributed by atoms with Gasteiger partial charge in [0, 0.05) is 19.0 Å². The van der Waals surface area contributed by atoms with Gasteiger partial charge < -0.3 is 14.7 Å². The zero-order chi connectivity index (χ0) is 15.4. The van der Waals surface area contributed by atoms with Crippen molar-refractivity contribution >= 4 is 11.8 Å². The third kappa shape index (κ3) is 3.62. The quantitative estimate of drug-likeness (QED) is 0.919. The lowest BCUT2D eigenvalue weighted by Gasteiger charge is -2.26. The second-order valence-electron chi connectivity index (χ2n) is 5.79. The number of amides is 2. The average molecular weight is 293 g/mol. The standard InChI is InChI=1S/C15H23N3O3/c1-10(2)14-13(11(3)17-21-14)15(20)16-9-12(19)18-7-5-4-6-8-18/h10H,4-9H2,1-3H3,(H,16,20). The molecule has 1 aromatic heterocycles. The summed E-state index contributed by atoms with van der Waals surface area (Å²) < 4.78 is 5.19. The molecule has 1 aliphatic rings. The van der Waals surface area contributed by atoms with Gasteiger partial charge in [0.05, 0.1) is 12.2 Å². The monoisotopic (exact) mass is 293 g/mol. The summed E-state index contributed by atoms with van der Waals surface area (Å²) in [5.41, 5.74) is 1.01. The minimum atomic E-state index is -0.289. The Morgan fingerprint density at radius 2 is 1.95 bits per heavy atom. The average Bonchev–Trinajstić information content (AvgIpc) is 2.87. The van der Waals surface area contributed by atoms with Crippen molar-refractivity contribution < 1.29 is 14.1 Å². The van der Waals surface area contributed by atoms with Crippen molar-refractivity contribution in [3.05, 3.63) is 17.0 Å². The Labute approximate surface area is 124 Å². The molecule has 1 N–H and O–H groups in total. The molecule has 0 spiro atoms. The molecule has 2 rings (SSSR count). The van der Waals surface area contributed by atoms with Gasteiger partial charge in [-0.2, -0.15) is 0 Å². The maximum absolute atomic E-state index is 12.3. The number of piperidine rings is 1. The van der Waals surface area contributed by atoms with E-state index in [1.54, 1.807) is 6.92 Å². The first-order valence-corrected chi connectivity index (χ1v) is 7.53. The number of rotatable bonds is 4. The lowest BCUT2D eigenvalue weighted by atomic mass is 10.0. The van der Waals surface area contributed by atoms with E-state index in [1.807, 2.05) is 18.7 Å². The summed E-state index contributed by atoms with van der Waals surface area (Å²) in [4.78, 5) is 26.1. The van der Waals surface area contributed by atoms with E-state index in [2.05, 4.69) is 10.5 Å². The number of aromatic nitrogens is 1.